The number of unbranched alkanes of at least 4 members (excludes halogenated alkanes) is 36. The highest BCUT2D eigenvalue weighted by atomic mass is 16.5. The van der Waals surface area contributed by atoms with E-state index >= 15 is 0 Å². The van der Waals surface area contributed by atoms with Gasteiger partial charge in [0.2, 0.25) is 0 Å². The number of piperazine rings is 1. The summed E-state index contributed by atoms with van der Waals surface area (Å²) in [6.07, 6.45) is 53.7. The smallest absolute Gasteiger partial charge is 0.0667 e. The van der Waals surface area contributed by atoms with Crippen LogP contribution in [0.5, 0.6) is 0 Å². The Kier molecular flexibility index (Phi) is 62.2. The molecule has 0 aromatic heterocycles. The molecule has 1 aliphatic rings. The first kappa shape index (κ1) is 81.5. The lowest BCUT2D eigenvalue weighted by Gasteiger charge is -2.35. The number of ether oxygens (including phenoxy) is 2. The van der Waals surface area contributed by atoms with E-state index in [-0.39, 0.29) is 31.0 Å². The minimum absolute atomic E-state index is 0.132. The molecule has 1 rings (SSSR count). The van der Waals surface area contributed by atoms with Crippen molar-refractivity contribution in [1.82, 2.24) is 24.5 Å². The van der Waals surface area contributed by atoms with Crippen LogP contribution in [0.2, 0.25) is 0 Å². The van der Waals surface area contributed by atoms with Crippen LogP contribution in [0.15, 0.2) is 0 Å². The average molecular weight is 1200 g/mol. The molecule has 0 aromatic carbocycles. The average Bonchev–Trinajstić information content (AvgIpc) is 3.53. The summed E-state index contributed by atoms with van der Waals surface area (Å²) >= 11 is 0. The summed E-state index contributed by atoms with van der Waals surface area (Å²) in [4.78, 5) is 11.9. The predicted molar refractivity (Wildman–Crippen MR) is 361 cm³/mol. The van der Waals surface area contributed by atoms with Gasteiger partial charge in [0.15, 0.2) is 0 Å². The molecule has 0 spiro atoms. The topological polar surface area (TPSA) is 136 Å². The molecule has 5 N–H and O–H groups in total. The Morgan fingerprint density at radius 1 is 0.286 bits per heavy atom. The van der Waals surface area contributed by atoms with Crippen LogP contribution in [-0.2, 0) is 9.47 Å². The Morgan fingerprint density at radius 2 is 0.524 bits per heavy atom. The maximum atomic E-state index is 11.1. The molecule has 1 saturated heterocycles. The van der Waals surface area contributed by atoms with Crippen molar-refractivity contribution in [2.24, 2.45) is 0 Å². The zero-order chi connectivity index (χ0) is 60.9. The van der Waals surface area contributed by atoms with Crippen molar-refractivity contribution in [3.8, 4) is 0 Å². The first-order valence-electron chi connectivity index (χ1n) is 37.3. The van der Waals surface area contributed by atoms with Gasteiger partial charge in [-0.1, -0.05) is 285 Å². The van der Waals surface area contributed by atoms with Crippen LogP contribution in [-0.4, -0.2) is 206 Å². The fourth-order valence-corrected chi connectivity index (χ4v) is 12.5. The van der Waals surface area contributed by atoms with E-state index in [1.807, 2.05) is 0 Å². The van der Waals surface area contributed by atoms with Gasteiger partial charge in [-0.25, -0.2) is 0 Å². The lowest BCUT2D eigenvalue weighted by atomic mass is 10.0. The fourth-order valence-electron chi connectivity index (χ4n) is 12.5. The minimum atomic E-state index is -0.384. The van der Waals surface area contributed by atoms with Crippen LogP contribution in [0, 0.1) is 0 Å². The van der Waals surface area contributed by atoms with Crippen LogP contribution >= 0.6 is 0 Å². The largest absolute Gasteiger partial charge is 0.395 e. The monoisotopic (exact) mass is 1200 g/mol. The van der Waals surface area contributed by atoms with Gasteiger partial charge in [-0.2, -0.15) is 0 Å². The fraction of sp³-hybridized carbons (Fsp3) is 1.00. The van der Waals surface area contributed by atoms with Crippen molar-refractivity contribution >= 4 is 0 Å². The summed E-state index contributed by atoms with van der Waals surface area (Å²) < 4.78 is 12.5. The quantitative estimate of drug-likeness (QED) is 0.0371. The molecule has 0 bridgehead atoms. The Morgan fingerprint density at radius 3 is 0.798 bits per heavy atom. The first-order chi connectivity index (χ1) is 41.2. The second-order valence-electron chi connectivity index (χ2n) is 26.5. The van der Waals surface area contributed by atoms with Crippen LogP contribution in [0.4, 0.5) is 0 Å². The van der Waals surface area contributed by atoms with Gasteiger partial charge in [0.25, 0.3) is 0 Å². The number of hydrogen-bond acceptors (Lipinski definition) is 12. The lowest BCUT2D eigenvalue weighted by Crippen LogP contribution is -2.49. The van der Waals surface area contributed by atoms with E-state index in [4.69, 9.17) is 9.47 Å². The van der Waals surface area contributed by atoms with E-state index in [0.717, 1.165) is 110 Å². The van der Waals surface area contributed by atoms with E-state index in [1.54, 1.807) is 0 Å². The van der Waals surface area contributed by atoms with Crippen molar-refractivity contribution in [3.63, 3.8) is 0 Å². The molecule has 0 aliphatic carbocycles. The van der Waals surface area contributed by atoms with Gasteiger partial charge in [-0.15, -0.1) is 0 Å². The van der Waals surface area contributed by atoms with Gasteiger partial charge in [-0.05, 0) is 25.7 Å². The summed E-state index contributed by atoms with van der Waals surface area (Å²) in [5, 5.41) is 54.5. The van der Waals surface area contributed by atoms with Gasteiger partial charge >= 0.3 is 0 Å². The summed E-state index contributed by atoms with van der Waals surface area (Å²) in [6.45, 7) is 23.8. The second-order valence-corrected chi connectivity index (χ2v) is 26.5. The number of hydrogen-bond donors (Lipinski definition) is 5. The first-order valence-corrected chi connectivity index (χ1v) is 37.3. The Bertz CT molecular complexity index is 1210. The molecule has 1 heterocycles. The van der Waals surface area contributed by atoms with Crippen molar-refractivity contribution in [2.45, 2.75) is 335 Å². The molecule has 12 heteroatoms. The van der Waals surface area contributed by atoms with Crippen LogP contribution in [0.25, 0.3) is 0 Å². The molecule has 4 unspecified atom stereocenters. The molecular weight excluding hydrogens is 1050 g/mol. The zero-order valence-corrected chi connectivity index (χ0v) is 56.9. The van der Waals surface area contributed by atoms with E-state index < -0.39 is 0 Å². The Balaban J connectivity index is 2.50. The van der Waals surface area contributed by atoms with Gasteiger partial charge in [0.05, 0.1) is 57.5 Å². The highest BCUT2D eigenvalue weighted by Crippen LogP contribution is 2.18. The van der Waals surface area contributed by atoms with Crippen LogP contribution in [0.1, 0.15) is 310 Å². The molecule has 0 radical (unpaired) electrons. The molecule has 1 fully saturated rings. The standard InChI is InChI=1S/C72H149N5O7/c1-5-9-13-17-21-25-29-33-37-41-45-69(79)65-76(66-70(80)46-42-38-34-30-26-22-18-14-10-6-2)58-63-83-61-56-74-52-49-73(50-53-74)51-54-75(55-60-78)57-62-84-64-59-77(67-71(81)47-43-39-35-31-27-23-19-15-11-7-3)68-72(82)48-44-40-36-32-28-24-20-16-12-8-4/h69-72,78-82H,5-68H2,1-4H3. The summed E-state index contributed by atoms with van der Waals surface area (Å²) in [7, 11) is 0. The third-order valence-corrected chi connectivity index (χ3v) is 18.3. The van der Waals surface area contributed by atoms with Crippen LogP contribution in [0.3, 0.4) is 0 Å². The number of nitrogens with zero attached hydrogens (tertiary/aromatic N) is 5. The van der Waals surface area contributed by atoms with E-state index in [9.17, 15) is 25.5 Å². The minimum Gasteiger partial charge on any atom is -0.395 e. The van der Waals surface area contributed by atoms with E-state index in [2.05, 4.69) is 52.2 Å². The van der Waals surface area contributed by atoms with E-state index in [0.29, 0.717) is 65.7 Å². The van der Waals surface area contributed by atoms with E-state index in [1.165, 1.54) is 231 Å². The molecular formula is C72H149N5O7. The highest BCUT2D eigenvalue weighted by molar-refractivity contribution is 4.75. The van der Waals surface area contributed by atoms with Crippen molar-refractivity contribution in [3.05, 3.63) is 0 Å². The molecule has 504 valence electrons. The Labute approximate surface area is 523 Å². The highest BCUT2D eigenvalue weighted by Gasteiger charge is 2.20. The van der Waals surface area contributed by atoms with Gasteiger partial charge in [0, 0.05) is 98.2 Å². The van der Waals surface area contributed by atoms with Crippen LogP contribution < -0.4 is 0 Å². The summed E-state index contributed by atoms with van der Waals surface area (Å²) in [5.41, 5.74) is 0. The van der Waals surface area contributed by atoms with Gasteiger partial charge < -0.3 is 35.0 Å². The SMILES string of the molecule is CCCCCCCCCCCCC(O)CN(CCOCCN(CCO)CCN1CCN(CCOCCN(CC(O)CCCCCCCCCCCC)CC(O)CCCCCCCCCCCC)CC1)CC(O)CCCCCCCCCCCC. The molecule has 84 heavy (non-hydrogen) atoms. The van der Waals surface area contributed by atoms with Crippen molar-refractivity contribution < 1.29 is 35.0 Å². The molecule has 1 aliphatic heterocycles. The van der Waals surface area contributed by atoms with Gasteiger partial charge in [0.1, 0.15) is 0 Å². The third-order valence-electron chi connectivity index (χ3n) is 18.3. The normalized spacial score (nSPS) is 15.1. The third kappa shape index (κ3) is 55.6. The second kappa shape index (κ2) is 64.1. The summed E-state index contributed by atoms with van der Waals surface area (Å²) in [6, 6.07) is 0. The lowest BCUT2D eigenvalue weighted by molar-refractivity contribution is 0.0286. The molecule has 0 amide bonds. The summed E-state index contributed by atoms with van der Waals surface area (Å²) in [5.74, 6) is 0. The number of rotatable bonds is 69. The predicted octanol–water partition coefficient (Wildman–Crippen LogP) is 15.2. The maximum Gasteiger partial charge on any atom is 0.0667 e. The Hall–Kier alpha value is -0.480. The number of aliphatic hydroxyl groups excluding tert-OH is 5. The molecule has 12 nitrogen and oxygen atoms in total. The molecule has 0 aromatic rings. The zero-order valence-electron chi connectivity index (χ0n) is 56.9. The van der Waals surface area contributed by atoms with Gasteiger partial charge in [-0.3, -0.25) is 24.5 Å². The molecule has 4 atom stereocenters. The van der Waals surface area contributed by atoms with Crippen molar-refractivity contribution in [2.75, 3.05) is 131 Å². The maximum absolute atomic E-state index is 11.1. The molecule has 0 saturated carbocycles. The number of aliphatic hydroxyl groups is 5. The van der Waals surface area contributed by atoms with Crippen molar-refractivity contribution in [1.29, 1.82) is 0 Å².